The number of amides is 1. The van der Waals surface area contributed by atoms with Crippen molar-refractivity contribution in [3.63, 3.8) is 0 Å². The van der Waals surface area contributed by atoms with Gasteiger partial charge in [0.15, 0.2) is 5.78 Å². The van der Waals surface area contributed by atoms with Crippen LogP contribution in [0.4, 0.5) is 10.1 Å². The normalized spacial score (nSPS) is 13.0. The third-order valence-electron chi connectivity index (χ3n) is 3.77. The second-order valence-electron chi connectivity index (χ2n) is 5.57. The number of nitriles is 1. The van der Waals surface area contributed by atoms with E-state index < -0.39 is 0 Å². The number of hydrogen-bond acceptors (Lipinski definition) is 5. The summed E-state index contributed by atoms with van der Waals surface area (Å²) in [6.45, 7) is 0. The summed E-state index contributed by atoms with van der Waals surface area (Å²) in [6.07, 6.45) is 1.92. The molecule has 1 aromatic carbocycles. The zero-order chi connectivity index (χ0) is 17.8. The van der Waals surface area contributed by atoms with Crippen LogP contribution >= 0.6 is 11.8 Å². The number of benzene rings is 1. The Labute approximate surface area is 148 Å². The lowest BCUT2D eigenvalue weighted by Crippen LogP contribution is -2.16. The summed E-state index contributed by atoms with van der Waals surface area (Å²) < 4.78 is 12.9. The summed E-state index contributed by atoms with van der Waals surface area (Å²) in [5, 5.41) is 12.4. The van der Waals surface area contributed by atoms with E-state index in [-0.39, 0.29) is 23.3 Å². The van der Waals surface area contributed by atoms with Gasteiger partial charge in [-0.1, -0.05) is 11.8 Å². The number of carbonyl (C=O) groups is 2. The topological polar surface area (TPSA) is 82.8 Å². The van der Waals surface area contributed by atoms with Crippen LogP contribution in [0.15, 0.2) is 35.4 Å². The minimum absolute atomic E-state index is 0.0100. The van der Waals surface area contributed by atoms with E-state index in [4.69, 9.17) is 0 Å². The molecule has 2 aromatic rings. The van der Waals surface area contributed by atoms with Gasteiger partial charge in [-0.25, -0.2) is 9.37 Å². The Morgan fingerprint density at radius 3 is 2.80 bits per heavy atom. The van der Waals surface area contributed by atoms with Gasteiger partial charge in [0.25, 0.3) is 0 Å². The van der Waals surface area contributed by atoms with Crippen molar-refractivity contribution in [2.45, 2.75) is 24.3 Å². The Kier molecular flexibility index (Phi) is 5.10. The fourth-order valence-corrected chi connectivity index (χ4v) is 3.34. The fourth-order valence-electron chi connectivity index (χ4n) is 2.57. The standard InChI is InChI=1S/C18H14FN3O2S/c19-12-4-6-13(7-5-12)21-17(24)10-25-18-11(9-20)8-14-15(22-18)2-1-3-16(14)23/h4-8H,1-3,10H2,(H,21,24). The maximum Gasteiger partial charge on any atom is 0.234 e. The molecule has 1 aromatic heterocycles. The molecule has 25 heavy (non-hydrogen) atoms. The summed E-state index contributed by atoms with van der Waals surface area (Å²) in [5.41, 5.74) is 2.00. The molecule has 0 radical (unpaired) electrons. The van der Waals surface area contributed by atoms with Gasteiger partial charge in [-0.2, -0.15) is 5.26 Å². The summed E-state index contributed by atoms with van der Waals surface area (Å²) >= 11 is 1.15. The van der Waals surface area contributed by atoms with E-state index in [1.807, 2.05) is 6.07 Å². The van der Waals surface area contributed by atoms with Gasteiger partial charge in [-0.3, -0.25) is 9.59 Å². The second kappa shape index (κ2) is 7.45. The molecule has 1 aliphatic carbocycles. The molecule has 0 fully saturated rings. The average Bonchev–Trinajstić information content (AvgIpc) is 2.61. The van der Waals surface area contributed by atoms with E-state index >= 15 is 0 Å². The molecule has 1 N–H and O–H groups in total. The number of nitrogens with one attached hydrogen (secondary N) is 1. The number of thioether (sulfide) groups is 1. The number of anilines is 1. The van der Waals surface area contributed by atoms with Crippen molar-refractivity contribution in [2.75, 3.05) is 11.1 Å². The highest BCUT2D eigenvalue weighted by Crippen LogP contribution is 2.27. The van der Waals surface area contributed by atoms with E-state index in [9.17, 15) is 19.2 Å². The Hall–Kier alpha value is -2.72. The highest BCUT2D eigenvalue weighted by Gasteiger charge is 2.21. The van der Waals surface area contributed by atoms with Crippen LogP contribution in [0.5, 0.6) is 0 Å². The Morgan fingerprint density at radius 1 is 1.32 bits per heavy atom. The Morgan fingerprint density at radius 2 is 2.08 bits per heavy atom. The van der Waals surface area contributed by atoms with Gasteiger partial charge in [-0.05, 0) is 43.2 Å². The van der Waals surface area contributed by atoms with Crippen LogP contribution in [0.1, 0.15) is 34.5 Å². The summed E-state index contributed by atoms with van der Waals surface area (Å²) in [5.74, 6) is -0.586. The quantitative estimate of drug-likeness (QED) is 0.851. The first-order chi connectivity index (χ1) is 12.1. The maximum absolute atomic E-state index is 12.9. The largest absolute Gasteiger partial charge is 0.325 e. The molecule has 0 atom stereocenters. The highest BCUT2D eigenvalue weighted by molar-refractivity contribution is 8.00. The van der Waals surface area contributed by atoms with Crippen molar-refractivity contribution in [1.82, 2.24) is 4.98 Å². The molecule has 126 valence electrons. The van der Waals surface area contributed by atoms with Crippen molar-refractivity contribution in [1.29, 1.82) is 5.26 Å². The smallest absolute Gasteiger partial charge is 0.234 e. The lowest BCUT2D eigenvalue weighted by atomic mass is 9.94. The van der Waals surface area contributed by atoms with Gasteiger partial charge in [0.05, 0.1) is 17.0 Å². The molecule has 0 bridgehead atoms. The van der Waals surface area contributed by atoms with Crippen LogP contribution in [0.25, 0.3) is 0 Å². The van der Waals surface area contributed by atoms with E-state index in [2.05, 4.69) is 10.3 Å². The van der Waals surface area contributed by atoms with Crippen molar-refractivity contribution in [3.05, 3.63) is 53.0 Å². The van der Waals surface area contributed by atoms with E-state index in [1.54, 1.807) is 6.07 Å². The van der Waals surface area contributed by atoms with Gasteiger partial charge in [-0.15, -0.1) is 0 Å². The van der Waals surface area contributed by atoms with Crippen molar-refractivity contribution in [2.24, 2.45) is 0 Å². The van der Waals surface area contributed by atoms with E-state index in [1.165, 1.54) is 24.3 Å². The molecule has 0 spiro atoms. The number of hydrogen-bond donors (Lipinski definition) is 1. The van der Waals surface area contributed by atoms with Crippen LogP contribution in [0.2, 0.25) is 0 Å². The number of fused-ring (bicyclic) bond motifs is 1. The van der Waals surface area contributed by atoms with Crippen molar-refractivity contribution < 1.29 is 14.0 Å². The first-order valence-corrected chi connectivity index (χ1v) is 8.71. The number of aromatic nitrogens is 1. The number of ketones is 1. The van der Waals surface area contributed by atoms with Crippen molar-refractivity contribution >= 4 is 29.1 Å². The second-order valence-corrected chi connectivity index (χ2v) is 6.53. The Bertz CT molecular complexity index is 875. The molecule has 0 saturated heterocycles. The molecule has 0 saturated carbocycles. The zero-order valence-corrected chi connectivity index (χ0v) is 14.0. The van der Waals surface area contributed by atoms with Crippen molar-refractivity contribution in [3.8, 4) is 6.07 Å². The van der Waals surface area contributed by atoms with Crippen LogP contribution in [0.3, 0.4) is 0 Å². The number of halogens is 1. The third kappa shape index (κ3) is 4.03. The molecule has 1 aliphatic rings. The predicted molar refractivity (Wildman–Crippen MR) is 92.0 cm³/mol. The average molecular weight is 355 g/mol. The summed E-state index contributed by atoms with van der Waals surface area (Å²) in [7, 11) is 0. The van der Waals surface area contributed by atoms with Gasteiger partial charge in [0, 0.05) is 17.7 Å². The zero-order valence-electron chi connectivity index (χ0n) is 13.2. The van der Waals surface area contributed by atoms with Crippen LogP contribution in [-0.2, 0) is 11.2 Å². The molecule has 5 nitrogen and oxygen atoms in total. The number of pyridine rings is 1. The minimum Gasteiger partial charge on any atom is -0.325 e. The minimum atomic E-state index is -0.376. The monoisotopic (exact) mass is 355 g/mol. The summed E-state index contributed by atoms with van der Waals surface area (Å²) in [6, 6.07) is 9.08. The molecule has 1 heterocycles. The number of carbonyl (C=O) groups excluding carboxylic acids is 2. The molecule has 0 unspecified atom stereocenters. The first kappa shape index (κ1) is 17.1. The van der Waals surface area contributed by atoms with E-state index in [0.29, 0.717) is 40.4 Å². The van der Waals surface area contributed by atoms with Gasteiger partial charge in [0.2, 0.25) is 5.91 Å². The molecule has 0 aliphatic heterocycles. The number of Topliss-reactive ketones (excluding diaryl/α,β-unsaturated/α-hetero) is 1. The molecular formula is C18H14FN3O2S. The van der Waals surface area contributed by atoms with Gasteiger partial charge in [0.1, 0.15) is 16.9 Å². The number of rotatable bonds is 4. The lowest BCUT2D eigenvalue weighted by molar-refractivity contribution is -0.113. The molecule has 1 amide bonds. The van der Waals surface area contributed by atoms with Gasteiger partial charge >= 0.3 is 0 Å². The highest BCUT2D eigenvalue weighted by atomic mass is 32.2. The third-order valence-corrected chi connectivity index (χ3v) is 4.76. The van der Waals surface area contributed by atoms with Gasteiger partial charge < -0.3 is 5.32 Å². The Balaban J connectivity index is 1.70. The van der Waals surface area contributed by atoms with Crippen LogP contribution < -0.4 is 5.32 Å². The van der Waals surface area contributed by atoms with Crippen LogP contribution in [-0.4, -0.2) is 22.4 Å². The molecule has 3 rings (SSSR count). The van der Waals surface area contributed by atoms with E-state index in [0.717, 1.165) is 18.2 Å². The first-order valence-electron chi connectivity index (χ1n) is 7.72. The predicted octanol–water partition coefficient (Wildman–Crippen LogP) is 3.34. The van der Waals surface area contributed by atoms with Crippen LogP contribution in [0, 0.1) is 17.1 Å². The number of nitrogens with zero attached hydrogens (tertiary/aromatic N) is 2. The summed E-state index contributed by atoms with van der Waals surface area (Å²) in [4.78, 5) is 28.3. The lowest BCUT2D eigenvalue weighted by Gasteiger charge is -2.15. The fraction of sp³-hybridized carbons (Fsp3) is 0.222. The molecular weight excluding hydrogens is 341 g/mol. The molecule has 7 heteroatoms. The maximum atomic E-state index is 12.9. The SMILES string of the molecule is N#Cc1cc2c(nc1SCC(=O)Nc1ccc(F)cc1)CCCC2=O. The number of aryl methyl sites for hydroxylation is 1.